The lowest BCUT2D eigenvalue weighted by Crippen LogP contribution is -2.02. The molecule has 0 saturated carbocycles. The van der Waals surface area contributed by atoms with Crippen LogP contribution in [0.5, 0.6) is 0 Å². The topological polar surface area (TPSA) is 37.8 Å². The monoisotopic (exact) mass is 247 g/mol. The van der Waals surface area contributed by atoms with E-state index >= 15 is 0 Å². The molecule has 1 heterocycles. The van der Waals surface area contributed by atoms with Gasteiger partial charge in [-0.15, -0.1) is 10.2 Å². The van der Waals surface area contributed by atoms with Crippen LogP contribution in [0.1, 0.15) is 12.5 Å². The van der Waals surface area contributed by atoms with Crippen LogP contribution in [-0.4, -0.2) is 16.7 Å². The molecule has 88 valence electrons. The maximum absolute atomic E-state index is 5.86. The van der Waals surface area contributed by atoms with E-state index in [-0.39, 0.29) is 0 Å². The predicted molar refractivity (Wildman–Crippen MR) is 71.4 cm³/mol. The highest BCUT2D eigenvalue weighted by Crippen LogP contribution is 2.23. The Hall–Kier alpha value is -1.61. The lowest BCUT2D eigenvalue weighted by atomic mass is 10.1. The Morgan fingerprint density at radius 3 is 2.47 bits per heavy atom. The van der Waals surface area contributed by atoms with Crippen molar-refractivity contribution in [2.24, 2.45) is 0 Å². The minimum absolute atomic E-state index is 0.726. The normalized spacial score (nSPS) is 10.3. The number of aromatic nitrogens is 2. The number of anilines is 1. The zero-order valence-electron chi connectivity index (χ0n) is 9.87. The molecule has 0 aliphatic heterocycles. The first-order valence-electron chi connectivity index (χ1n) is 5.55. The molecule has 0 aliphatic carbocycles. The summed E-state index contributed by atoms with van der Waals surface area (Å²) in [7, 11) is 0. The van der Waals surface area contributed by atoms with Crippen LogP contribution in [0.4, 0.5) is 5.82 Å². The van der Waals surface area contributed by atoms with Gasteiger partial charge in [-0.05, 0) is 37.6 Å². The quantitative estimate of drug-likeness (QED) is 0.902. The molecule has 0 atom stereocenters. The third kappa shape index (κ3) is 2.74. The largest absolute Gasteiger partial charge is 0.369 e. The summed E-state index contributed by atoms with van der Waals surface area (Å²) >= 11 is 5.86. The Bertz CT molecular complexity index is 509. The summed E-state index contributed by atoms with van der Waals surface area (Å²) in [4.78, 5) is 0. The van der Waals surface area contributed by atoms with Gasteiger partial charge in [-0.1, -0.05) is 23.7 Å². The third-order valence-corrected chi connectivity index (χ3v) is 2.71. The van der Waals surface area contributed by atoms with Crippen LogP contribution in [0.15, 0.2) is 30.3 Å². The second-order valence-electron chi connectivity index (χ2n) is 3.80. The van der Waals surface area contributed by atoms with E-state index in [2.05, 4.69) is 15.5 Å². The smallest absolute Gasteiger partial charge is 0.148 e. The molecule has 0 bridgehead atoms. The number of aryl methyl sites for hydroxylation is 1. The molecule has 0 radical (unpaired) electrons. The van der Waals surface area contributed by atoms with Crippen molar-refractivity contribution < 1.29 is 0 Å². The Labute approximate surface area is 106 Å². The van der Waals surface area contributed by atoms with Crippen molar-refractivity contribution in [3.8, 4) is 11.3 Å². The van der Waals surface area contributed by atoms with Gasteiger partial charge >= 0.3 is 0 Å². The summed E-state index contributed by atoms with van der Waals surface area (Å²) in [6, 6.07) is 9.62. The summed E-state index contributed by atoms with van der Waals surface area (Å²) in [6.45, 7) is 4.90. The molecule has 0 unspecified atom stereocenters. The van der Waals surface area contributed by atoms with Crippen LogP contribution in [-0.2, 0) is 0 Å². The Kier molecular flexibility index (Phi) is 3.59. The molecule has 0 amide bonds. The van der Waals surface area contributed by atoms with Crippen LogP contribution in [0.25, 0.3) is 11.3 Å². The van der Waals surface area contributed by atoms with Gasteiger partial charge in [0.15, 0.2) is 0 Å². The van der Waals surface area contributed by atoms with Gasteiger partial charge < -0.3 is 5.32 Å². The summed E-state index contributed by atoms with van der Waals surface area (Å²) in [5, 5.41) is 12.2. The summed E-state index contributed by atoms with van der Waals surface area (Å²) < 4.78 is 0. The number of hydrogen-bond donors (Lipinski definition) is 1. The predicted octanol–water partition coefficient (Wildman–Crippen LogP) is 3.54. The Morgan fingerprint density at radius 1 is 1.18 bits per heavy atom. The summed E-state index contributed by atoms with van der Waals surface area (Å²) in [5.74, 6) is 0.808. The first-order valence-corrected chi connectivity index (χ1v) is 5.92. The van der Waals surface area contributed by atoms with Crippen molar-refractivity contribution >= 4 is 17.4 Å². The maximum Gasteiger partial charge on any atom is 0.148 e. The van der Waals surface area contributed by atoms with Gasteiger partial charge in [0.2, 0.25) is 0 Å². The lowest BCUT2D eigenvalue weighted by molar-refractivity contribution is 1.00. The van der Waals surface area contributed by atoms with Crippen molar-refractivity contribution in [3.63, 3.8) is 0 Å². The van der Waals surface area contributed by atoms with E-state index in [0.29, 0.717) is 0 Å². The molecule has 0 aliphatic rings. The number of rotatable bonds is 3. The second kappa shape index (κ2) is 5.15. The molecule has 0 fully saturated rings. The first-order chi connectivity index (χ1) is 8.20. The molecular weight excluding hydrogens is 234 g/mol. The van der Waals surface area contributed by atoms with Gasteiger partial charge in [0, 0.05) is 17.1 Å². The van der Waals surface area contributed by atoms with E-state index in [0.717, 1.165) is 34.2 Å². The lowest BCUT2D eigenvalue weighted by Gasteiger charge is -2.07. The van der Waals surface area contributed by atoms with E-state index in [1.54, 1.807) is 0 Å². The fourth-order valence-electron chi connectivity index (χ4n) is 1.65. The Balaban J connectivity index is 2.36. The van der Waals surface area contributed by atoms with Gasteiger partial charge in [-0.2, -0.15) is 0 Å². The molecule has 2 aromatic rings. The molecule has 17 heavy (non-hydrogen) atoms. The van der Waals surface area contributed by atoms with Crippen LogP contribution >= 0.6 is 11.6 Å². The SMILES string of the molecule is CCNc1cc(C)c(-c2ccc(Cl)cc2)nn1. The molecule has 2 rings (SSSR count). The van der Waals surface area contributed by atoms with Gasteiger partial charge in [-0.25, -0.2) is 0 Å². The van der Waals surface area contributed by atoms with Crippen LogP contribution in [0.2, 0.25) is 5.02 Å². The average Bonchev–Trinajstić information content (AvgIpc) is 2.31. The van der Waals surface area contributed by atoms with Crippen LogP contribution in [0.3, 0.4) is 0 Å². The summed E-state index contributed by atoms with van der Waals surface area (Å²) in [5.41, 5.74) is 3.02. The standard InChI is InChI=1S/C13H14ClN3/c1-3-15-12-8-9(2)13(17-16-12)10-4-6-11(14)7-5-10/h4-8H,3H2,1-2H3,(H,15,16). The first kappa shape index (κ1) is 11.9. The van der Waals surface area contributed by atoms with Crippen molar-refractivity contribution in [3.05, 3.63) is 40.9 Å². The third-order valence-electron chi connectivity index (χ3n) is 2.46. The zero-order chi connectivity index (χ0) is 12.3. The number of hydrogen-bond acceptors (Lipinski definition) is 3. The fourth-order valence-corrected chi connectivity index (χ4v) is 1.77. The highest BCUT2D eigenvalue weighted by atomic mass is 35.5. The van der Waals surface area contributed by atoms with E-state index in [1.165, 1.54) is 0 Å². The van der Waals surface area contributed by atoms with Crippen molar-refractivity contribution in [2.75, 3.05) is 11.9 Å². The highest BCUT2D eigenvalue weighted by Gasteiger charge is 2.05. The molecular formula is C13H14ClN3. The molecule has 4 heteroatoms. The molecule has 0 saturated heterocycles. The second-order valence-corrected chi connectivity index (χ2v) is 4.23. The summed E-state index contributed by atoms with van der Waals surface area (Å²) in [6.07, 6.45) is 0. The van der Waals surface area contributed by atoms with E-state index in [1.807, 2.05) is 44.2 Å². The number of nitrogens with zero attached hydrogens (tertiary/aromatic N) is 2. The van der Waals surface area contributed by atoms with Gasteiger partial charge in [0.05, 0.1) is 5.69 Å². The van der Waals surface area contributed by atoms with E-state index in [4.69, 9.17) is 11.6 Å². The average molecular weight is 248 g/mol. The number of benzene rings is 1. The highest BCUT2D eigenvalue weighted by molar-refractivity contribution is 6.30. The minimum atomic E-state index is 0.726. The Morgan fingerprint density at radius 2 is 1.88 bits per heavy atom. The van der Waals surface area contributed by atoms with Crippen molar-refractivity contribution in [2.45, 2.75) is 13.8 Å². The van der Waals surface area contributed by atoms with Crippen LogP contribution < -0.4 is 5.32 Å². The molecule has 1 aromatic heterocycles. The molecule has 0 spiro atoms. The number of nitrogens with one attached hydrogen (secondary N) is 1. The van der Waals surface area contributed by atoms with Gasteiger partial charge in [0.1, 0.15) is 5.82 Å². The molecule has 1 N–H and O–H groups in total. The van der Waals surface area contributed by atoms with E-state index in [9.17, 15) is 0 Å². The van der Waals surface area contributed by atoms with Gasteiger partial charge in [-0.3, -0.25) is 0 Å². The molecule has 3 nitrogen and oxygen atoms in total. The van der Waals surface area contributed by atoms with E-state index < -0.39 is 0 Å². The van der Waals surface area contributed by atoms with Gasteiger partial charge in [0.25, 0.3) is 0 Å². The minimum Gasteiger partial charge on any atom is -0.369 e. The maximum atomic E-state index is 5.86. The fraction of sp³-hybridized carbons (Fsp3) is 0.231. The zero-order valence-corrected chi connectivity index (χ0v) is 10.6. The van der Waals surface area contributed by atoms with Crippen molar-refractivity contribution in [1.82, 2.24) is 10.2 Å². The van der Waals surface area contributed by atoms with Crippen molar-refractivity contribution in [1.29, 1.82) is 0 Å². The molecule has 1 aromatic carbocycles. The van der Waals surface area contributed by atoms with Crippen LogP contribution in [0, 0.1) is 6.92 Å². The number of halogens is 1.